The molecule has 1 heterocycles. The van der Waals surface area contributed by atoms with Crippen molar-refractivity contribution in [2.24, 2.45) is 0 Å². The summed E-state index contributed by atoms with van der Waals surface area (Å²) in [5.74, 6) is 0.112. The van der Waals surface area contributed by atoms with E-state index in [2.05, 4.69) is 0 Å². The van der Waals surface area contributed by atoms with Crippen molar-refractivity contribution < 1.29 is 13.9 Å². The second-order valence-corrected chi connectivity index (χ2v) is 5.46. The van der Waals surface area contributed by atoms with E-state index in [1.165, 1.54) is 6.92 Å². The first-order valence-electron chi connectivity index (χ1n) is 7.40. The fourth-order valence-electron chi connectivity index (χ4n) is 3.04. The van der Waals surface area contributed by atoms with Gasteiger partial charge in [0.15, 0.2) is 0 Å². The Bertz CT molecular complexity index is 770. The van der Waals surface area contributed by atoms with E-state index in [1.54, 1.807) is 6.07 Å². The lowest BCUT2D eigenvalue weighted by Crippen LogP contribution is -2.16. The summed E-state index contributed by atoms with van der Waals surface area (Å²) in [5, 5.41) is 0.983. The summed E-state index contributed by atoms with van der Waals surface area (Å²) >= 11 is 0. The van der Waals surface area contributed by atoms with Crippen molar-refractivity contribution >= 4 is 16.9 Å². The fraction of sp³-hybridized carbons (Fsp3) is 0.412. The van der Waals surface area contributed by atoms with E-state index >= 15 is 0 Å². The van der Waals surface area contributed by atoms with E-state index in [0.29, 0.717) is 11.3 Å². The van der Waals surface area contributed by atoms with Crippen LogP contribution < -0.4 is 10.4 Å². The summed E-state index contributed by atoms with van der Waals surface area (Å²) in [5.41, 5.74) is 3.14. The number of carbonyl (C=O) groups is 1. The van der Waals surface area contributed by atoms with Crippen molar-refractivity contribution in [3.8, 4) is 5.75 Å². The smallest absolute Gasteiger partial charge is 0.339 e. The Morgan fingerprint density at radius 3 is 2.62 bits per heavy atom. The van der Waals surface area contributed by atoms with Crippen molar-refractivity contribution in [3.05, 3.63) is 39.2 Å². The summed E-state index contributed by atoms with van der Waals surface area (Å²) in [6.07, 6.45) is 4.59. The van der Waals surface area contributed by atoms with Gasteiger partial charge in [-0.25, -0.2) is 4.79 Å². The third-order valence-corrected chi connectivity index (χ3v) is 4.04. The molecular formula is C17H18O4. The fourth-order valence-corrected chi connectivity index (χ4v) is 3.04. The lowest BCUT2D eigenvalue weighted by Gasteiger charge is -2.17. The number of ether oxygens (including phenoxy) is 1. The van der Waals surface area contributed by atoms with E-state index in [1.807, 2.05) is 13.0 Å². The largest absolute Gasteiger partial charge is 0.426 e. The summed E-state index contributed by atoms with van der Waals surface area (Å²) in [4.78, 5) is 23.3. The molecule has 110 valence electrons. The number of fused-ring (bicyclic) bond motifs is 3. The maximum absolute atomic E-state index is 12.1. The van der Waals surface area contributed by atoms with Gasteiger partial charge in [-0.05, 0) is 49.3 Å². The van der Waals surface area contributed by atoms with Gasteiger partial charge in [0.05, 0.1) is 0 Å². The molecule has 1 aromatic heterocycles. The minimum absolute atomic E-state index is 0.254. The number of carbonyl (C=O) groups excluding carboxylic acids is 1. The SMILES string of the molecule is CCc1cc2c3c(c(=O)oc2cc1OC(C)=O)CCCC3. The Kier molecular flexibility index (Phi) is 3.53. The summed E-state index contributed by atoms with van der Waals surface area (Å²) < 4.78 is 10.7. The third kappa shape index (κ3) is 2.46. The highest BCUT2D eigenvalue weighted by Gasteiger charge is 2.19. The molecular weight excluding hydrogens is 268 g/mol. The lowest BCUT2D eigenvalue weighted by molar-refractivity contribution is -0.131. The summed E-state index contributed by atoms with van der Waals surface area (Å²) in [6, 6.07) is 3.67. The molecule has 21 heavy (non-hydrogen) atoms. The number of hydrogen-bond donors (Lipinski definition) is 0. The topological polar surface area (TPSA) is 56.5 Å². The first kappa shape index (κ1) is 13.9. The number of benzene rings is 1. The Hall–Kier alpha value is -2.10. The van der Waals surface area contributed by atoms with Gasteiger partial charge < -0.3 is 9.15 Å². The van der Waals surface area contributed by atoms with Crippen molar-refractivity contribution in [2.45, 2.75) is 46.0 Å². The van der Waals surface area contributed by atoms with Gasteiger partial charge in [0.25, 0.3) is 0 Å². The van der Waals surface area contributed by atoms with Crippen LogP contribution in [0, 0.1) is 0 Å². The van der Waals surface area contributed by atoms with Crippen LogP contribution in [0.5, 0.6) is 5.75 Å². The maximum Gasteiger partial charge on any atom is 0.339 e. The Morgan fingerprint density at radius 1 is 1.24 bits per heavy atom. The zero-order chi connectivity index (χ0) is 15.0. The molecule has 0 N–H and O–H groups in total. The lowest BCUT2D eigenvalue weighted by atomic mass is 9.90. The quantitative estimate of drug-likeness (QED) is 0.483. The molecule has 0 aliphatic heterocycles. The molecule has 4 nitrogen and oxygen atoms in total. The van der Waals surface area contributed by atoms with Crippen LogP contribution >= 0.6 is 0 Å². The number of rotatable bonds is 2. The maximum atomic E-state index is 12.1. The number of esters is 1. The predicted molar refractivity (Wildman–Crippen MR) is 79.8 cm³/mol. The van der Waals surface area contributed by atoms with E-state index in [0.717, 1.165) is 54.2 Å². The van der Waals surface area contributed by atoms with Crippen LogP contribution in [0.4, 0.5) is 0 Å². The standard InChI is InChI=1S/C17H18O4/c1-3-11-8-14-12-6-4-5-7-13(12)17(19)21-16(14)9-15(11)20-10(2)18/h8-9H,3-7H2,1-2H3. The molecule has 0 bridgehead atoms. The minimum Gasteiger partial charge on any atom is -0.426 e. The molecule has 0 spiro atoms. The highest BCUT2D eigenvalue weighted by molar-refractivity contribution is 5.85. The monoisotopic (exact) mass is 286 g/mol. The molecule has 3 rings (SSSR count). The van der Waals surface area contributed by atoms with Gasteiger partial charge in [-0.3, -0.25) is 4.79 Å². The molecule has 0 saturated heterocycles. The van der Waals surface area contributed by atoms with Crippen LogP contribution in [-0.4, -0.2) is 5.97 Å². The highest BCUT2D eigenvalue weighted by Crippen LogP contribution is 2.32. The van der Waals surface area contributed by atoms with Crippen LogP contribution in [0.2, 0.25) is 0 Å². The second-order valence-electron chi connectivity index (χ2n) is 5.46. The molecule has 1 aromatic carbocycles. The van der Waals surface area contributed by atoms with Crippen molar-refractivity contribution in [1.29, 1.82) is 0 Å². The molecule has 0 saturated carbocycles. The Labute approximate surface area is 122 Å². The second kappa shape index (κ2) is 5.35. The number of aryl methyl sites for hydroxylation is 2. The van der Waals surface area contributed by atoms with Gasteiger partial charge in [0.1, 0.15) is 11.3 Å². The first-order chi connectivity index (χ1) is 10.1. The molecule has 4 heteroatoms. The van der Waals surface area contributed by atoms with Crippen LogP contribution in [0.25, 0.3) is 11.0 Å². The average Bonchev–Trinajstić information content (AvgIpc) is 2.46. The highest BCUT2D eigenvalue weighted by atomic mass is 16.5. The van der Waals surface area contributed by atoms with Gasteiger partial charge >= 0.3 is 11.6 Å². The van der Waals surface area contributed by atoms with Crippen molar-refractivity contribution in [2.75, 3.05) is 0 Å². The van der Waals surface area contributed by atoms with Crippen LogP contribution in [0.1, 0.15) is 43.4 Å². The summed E-state index contributed by atoms with van der Waals surface area (Å²) in [6.45, 7) is 3.38. The Morgan fingerprint density at radius 2 is 1.95 bits per heavy atom. The van der Waals surface area contributed by atoms with Gasteiger partial charge in [0, 0.05) is 23.9 Å². The molecule has 0 radical (unpaired) electrons. The van der Waals surface area contributed by atoms with Gasteiger partial charge in [-0.1, -0.05) is 6.92 Å². The zero-order valence-electron chi connectivity index (χ0n) is 12.3. The molecule has 1 aliphatic rings. The van der Waals surface area contributed by atoms with Crippen LogP contribution in [0.3, 0.4) is 0 Å². The van der Waals surface area contributed by atoms with E-state index in [-0.39, 0.29) is 11.6 Å². The van der Waals surface area contributed by atoms with Crippen molar-refractivity contribution in [3.63, 3.8) is 0 Å². The Balaban J connectivity index is 2.27. The molecule has 2 aromatic rings. The first-order valence-corrected chi connectivity index (χ1v) is 7.40. The predicted octanol–water partition coefficient (Wildman–Crippen LogP) is 3.16. The van der Waals surface area contributed by atoms with Crippen molar-refractivity contribution in [1.82, 2.24) is 0 Å². The molecule has 0 amide bonds. The number of hydrogen-bond acceptors (Lipinski definition) is 4. The van der Waals surface area contributed by atoms with Gasteiger partial charge in [-0.15, -0.1) is 0 Å². The van der Waals surface area contributed by atoms with Crippen LogP contribution in [0.15, 0.2) is 21.3 Å². The molecule has 0 unspecified atom stereocenters. The molecule has 1 aliphatic carbocycles. The zero-order valence-corrected chi connectivity index (χ0v) is 12.3. The minimum atomic E-state index is -0.371. The van der Waals surface area contributed by atoms with Crippen LogP contribution in [-0.2, 0) is 24.1 Å². The van der Waals surface area contributed by atoms with E-state index in [9.17, 15) is 9.59 Å². The molecule has 0 fully saturated rings. The molecule has 0 atom stereocenters. The summed E-state index contributed by atoms with van der Waals surface area (Å²) in [7, 11) is 0. The van der Waals surface area contributed by atoms with E-state index in [4.69, 9.17) is 9.15 Å². The third-order valence-electron chi connectivity index (χ3n) is 4.04. The normalized spacial score (nSPS) is 14.0. The van der Waals surface area contributed by atoms with E-state index < -0.39 is 0 Å². The van der Waals surface area contributed by atoms with Gasteiger partial charge in [0.2, 0.25) is 0 Å². The average molecular weight is 286 g/mol. The van der Waals surface area contributed by atoms with Gasteiger partial charge in [-0.2, -0.15) is 0 Å².